The molecule has 0 saturated carbocycles. The van der Waals surface area contributed by atoms with Gasteiger partial charge in [0.15, 0.2) is 0 Å². The summed E-state index contributed by atoms with van der Waals surface area (Å²) in [4.78, 5) is 24.9. The third-order valence-electron chi connectivity index (χ3n) is 1.24. The van der Waals surface area contributed by atoms with Gasteiger partial charge >= 0.3 is 5.97 Å². The van der Waals surface area contributed by atoms with Gasteiger partial charge in [0.2, 0.25) is 5.91 Å². The van der Waals surface area contributed by atoms with Crippen molar-refractivity contribution in [2.45, 2.75) is 19.3 Å². The Labute approximate surface area is 76.0 Å². The Morgan fingerprint density at radius 3 is 2.62 bits per heavy atom. The number of hydrogen-bond donors (Lipinski definition) is 3. The number of nitrogens with one attached hydrogen (secondary N) is 1. The van der Waals surface area contributed by atoms with E-state index >= 15 is 0 Å². The Balaban J connectivity index is 3.00. The summed E-state index contributed by atoms with van der Waals surface area (Å²) in [6, 6.07) is 0. The molecule has 0 aliphatic carbocycles. The monoisotopic (exact) mass is 190 g/mol. The minimum Gasteiger partial charge on any atom is -0.481 e. The Kier molecular flexibility index (Phi) is 6.85. The lowest BCUT2D eigenvalue weighted by atomic mass is 10.2. The fourth-order valence-electron chi connectivity index (χ4n) is 0.668. The van der Waals surface area contributed by atoms with E-state index in [1.165, 1.54) is 0 Å². The van der Waals surface area contributed by atoms with Crippen molar-refractivity contribution in [3.05, 3.63) is 0 Å². The van der Waals surface area contributed by atoms with Gasteiger partial charge in [0, 0.05) is 13.0 Å². The van der Waals surface area contributed by atoms with E-state index in [4.69, 9.17) is 10.8 Å². The number of aliphatic carboxylic acids is 1. The van der Waals surface area contributed by atoms with Crippen LogP contribution in [-0.2, 0) is 14.4 Å². The number of carboxylic acids is 1. The van der Waals surface area contributed by atoms with Gasteiger partial charge in [-0.1, -0.05) is 0 Å². The van der Waals surface area contributed by atoms with Gasteiger partial charge in [-0.15, -0.1) is 0 Å². The van der Waals surface area contributed by atoms with E-state index in [1.54, 1.807) is 0 Å². The summed E-state index contributed by atoms with van der Waals surface area (Å²) in [7, 11) is 0. The van der Waals surface area contributed by atoms with E-state index in [0.29, 0.717) is 19.4 Å². The average molecular weight is 190 g/mol. The van der Waals surface area contributed by atoms with E-state index in [-0.39, 0.29) is 13.0 Å². The van der Waals surface area contributed by atoms with Crippen LogP contribution >= 0.6 is 0 Å². The van der Waals surface area contributed by atoms with E-state index < -0.39 is 11.9 Å². The molecule has 0 aromatic rings. The van der Waals surface area contributed by atoms with Crippen molar-refractivity contribution in [1.29, 1.82) is 0 Å². The van der Waals surface area contributed by atoms with Crippen LogP contribution in [0.5, 0.6) is 0 Å². The van der Waals surface area contributed by atoms with Crippen molar-refractivity contribution >= 4 is 11.9 Å². The van der Waals surface area contributed by atoms with Gasteiger partial charge in [0.05, 0.1) is 0 Å². The number of rotatable bonds is 8. The van der Waals surface area contributed by atoms with Gasteiger partial charge in [-0.05, 0) is 12.8 Å². The maximum Gasteiger partial charge on any atom is 0.303 e. The number of hydrogen-bond acceptors (Lipinski definition) is 4. The van der Waals surface area contributed by atoms with Crippen molar-refractivity contribution in [2.75, 3.05) is 13.2 Å². The molecule has 0 aliphatic rings. The highest BCUT2D eigenvalue weighted by Crippen LogP contribution is 1.92. The number of carbonyl (C=O) groups is 2. The van der Waals surface area contributed by atoms with Gasteiger partial charge in [-0.2, -0.15) is 0 Å². The molecule has 0 aliphatic heterocycles. The van der Waals surface area contributed by atoms with Crippen LogP contribution in [0.25, 0.3) is 0 Å². The second-order valence-corrected chi connectivity index (χ2v) is 2.50. The predicted octanol–water partition coefficient (Wildman–Crippen LogP) is -0.752. The van der Waals surface area contributed by atoms with Gasteiger partial charge < -0.3 is 10.8 Å². The van der Waals surface area contributed by atoms with Gasteiger partial charge in [0.1, 0.15) is 6.61 Å². The van der Waals surface area contributed by atoms with Gasteiger partial charge in [0.25, 0.3) is 0 Å². The number of amides is 1. The zero-order chi connectivity index (χ0) is 10.1. The van der Waals surface area contributed by atoms with Crippen molar-refractivity contribution in [3.63, 3.8) is 0 Å². The lowest BCUT2D eigenvalue weighted by molar-refractivity contribution is -0.137. The summed E-state index contributed by atoms with van der Waals surface area (Å²) in [5.74, 6) is -1.35. The molecule has 6 heteroatoms. The second-order valence-electron chi connectivity index (χ2n) is 2.50. The number of unbranched alkanes of at least 4 members (excludes halogenated alkanes) is 1. The Bertz CT molecular complexity index is 154. The van der Waals surface area contributed by atoms with Crippen LogP contribution in [-0.4, -0.2) is 30.1 Å². The highest BCUT2D eigenvalue weighted by molar-refractivity contribution is 5.74. The van der Waals surface area contributed by atoms with Crippen LogP contribution in [0, 0.1) is 0 Å². The quantitative estimate of drug-likeness (QED) is 0.345. The first-order chi connectivity index (χ1) is 6.13. The Morgan fingerprint density at radius 2 is 2.08 bits per heavy atom. The lowest BCUT2D eigenvalue weighted by Crippen LogP contribution is -2.25. The normalized spacial score (nSPS) is 9.85. The third kappa shape index (κ3) is 10.9. The van der Waals surface area contributed by atoms with Crippen molar-refractivity contribution in [3.8, 4) is 0 Å². The summed E-state index contributed by atoms with van der Waals surface area (Å²) >= 11 is 0. The second kappa shape index (κ2) is 7.51. The maximum atomic E-state index is 10.2. The zero-order valence-electron chi connectivity index (χ0n) is 7.28. The molecule has 0 aromatic carbocycles. The topological polar surface area (TPSA) is 102 Å². The van der Waals surface area contributed by atoms with Gasteiger partial charge in [-0.25, -0.2) is 5.48 Å². The molecule has 0 unspecified atom stereocenters. The van der Waals surface area contributed by atoms with Crippen LogP contribution in [0.15, 0.2) is 0 Å². The Morgan fingerprint density at radius 1 is 1.38 bits per heavy atom. The van der Waals surface area contributed by atoms with E-state index in [1.807, 2.05) is 0 Å². The van der Waals surface area contributed by atoms with Crippen LogP contribution in [0.1, 0.15) is 19.3 Å². The smallest absolute Gasteiger partial charge is 0.303 e. The molecular formula is C7H14N2O4. The summed E-state index contributed by atoms with van der Waals surface area (Å²) in [6.45, 7) is 0.347. The first-order valence-electron chi connectivity index (χ1n) is 3.97. The molecule has 0 atom stereocenters. The minimum atomic E-state index is -0.807. The zero-order valence-corrected chi connectivity index (χ0v) is 7.28. The van der Waals surface area contributed by atoms with Crippen LogP contribution < -0.4 is 11.2 Å². The molecule has 0 heterocycles. The van der Waals surface area contributed by atoms with Crippen molar-refractivity contribution in [1.82, 2.24) is 5.48 Å². The average Bonchev–Trinajstić information content (AvgIpc) is 2.01. The standard InChI is InChI=1S/C7H14N2O4/c8-6(10)5-13-9-4-2-1-3-7(11)12/h9H,1-5H2,(H2,8,10)(H,11,12). The highest BCUT2D eigenvalue weighted by Gasteiger charge is 1.96. The van der Waals surface area contributed by atoms with E-state index in [9.17, 15) is 9.59 Å². The predicted molar refractivity (Wildman–Crippen MR) is 44.6 cm³/mol. The molecule has 0 saturated heterocycles. The number of hydroxylamine groups is 1. The number of carbonyl (C=O) groups excluding carboxylic acids is 1. The number of carboxylic acid groups (broad SMARTS) is 1. The van der Waals surface area contributed by atoms with Crippen LogP contribution in [0.3, 0.4) is 0 Å². The summed E-state index contributed by atoms with van der Waals surface area (Å²) in [6.07, 6.45) is 1.42. The summed E-state index contributed by atoms with van der Waals surface area (Å²) in [5.41, 5.74) is 7.29. The van der Waals surface area contributed by atoms with Crippen molar-refractivity contribution < 1.29 is 19.5 Å². The third-order valence-corrected chi connectivity index (χ3v) is 1.24. The van der Waals surface area contributed by atoms with Crippen molar-refractivity contribution in [2.24, 2.45) is 5.73 Å². The molecule has 0 spiro atoms. The largest absolute Gasteiger partial charge is 0.481 e. The minimum absolute atomic E-state index is 0.150. The molecule has 0 radical (unpaired) electrons. The maximum absolute atomic E-state index is 10.2. The molecule has 0 fully saturated rings. The molecule has 0 bridgehead atoms. The molecular weight excluding hydrogens is 176 g/mol. The lowest BCUT2D eigenvalue weighted by Gasteiger charge is -2.02. The molecule has 0 aromatic heterocycles. The molecule has 6 nitrogen and oxygen atoms in total. The molecule has 1 amide bonds. The molecule has 4 N–H and O–H groups in total. The first-order valence-corrected chi connectivity index (χ1v) is 3.97. The summed E-state index contributed by atoms with van der Waals surface area (Å²) < 4.78 is 0. The Hall–Kier alpha value is -1.14. The van der Waals surface area contributed by atoms with E-state index in [2.05, 4.69) is 10.3 Å². The van der Waals surface area contributed by atoms with Crippen LogP contribution in [0.4, 0.5) is 0 Å². The fraction of sp³-hybridized carbons (Fsp3) is 0.714. The first kappa shape index (κ1) is 11.9. The van der Waals surface area contributed by atoms with Crippen LogP contribution in [0.2, 0.25) is 0 Å². The number of primary amides is 1. The highest BCUT2D eigenvalue weighted by atomic mass is 16.6. The fourth-order valence-corrected chi connectivity index (χ4v) is 0.668. The molecule has 76 valence electrons. The number of nitrogens with two attached hydrogens (primary N) is 1. The molecule has 0 rings (SSSR count). The summed E-state index contributed by atoms with van der Waals surface area (Å²) in [5, 5.41) is 8.28. The SMILES string of the molecule is NC(=O)CONCCCCC(=O)O. The van der Waals surface area contributed by atoms with Gasteiger partial charge in [-0.3, -0.25) is 14.4 Å². The van der Waals surface area contributed by atoms with E-state index in [0.717, 1.165) is 0 Å². The molecule has 13 heavy (non-hydrogen) atoms.